The van der Waals surface area contributed by atoms with Crippen LogP contribution in [0.2, 0.25) is 0 Å². The molecule has 3 N–H and O–H groups in total. The van der Waals surface area contributed by atoms with E-state index in [0.717, 1.165) is 0 Å². The SMILES string of the molecule is CC(C)CC(C)(O)CNC(=O)c1cc[nH]c(=O)c1. The van der Waals surface area contributed by atoms with Crippen molar-refractivity contribution in [2.75, 3.05) is 6.54 Å². The number of carbonyl (C=O) groups is 1. The summed E-state index contributed by atoms with van der Waals surface area (Å²) in [5.74, 6) is -0.0124. The van der Waals surface area contributed by atoms with Gasteiger partial charge in [0.15, 0.2) is 0 Å². The minimum Gasteiger partial charge on any atom is -0.388 e. The van der Waals surface area contributed by atoms with Gasteiger partial charge in [-0.25, -0.2) is 0 Å². The summed E-state index contributed by atoms with van der Waals surface area (Å²) in [5.41, 5.74) is -0.971. The van der Waals surface area contributed by atoms with E-state index in [0.29, 0.717) is 17.9 Å². The van der Waals surface area contributed by atoms with Crippen LogP contribution < -0.4 is 10.9 Å². The molecule has 1 rings (SSSR count). The molecule has 0 spiro atoms. The summed E-state index contributed by atoms with van der Waals surface area (Å²) in [6.07, 6.45) is 2.02. The third kappa shape index (κ3) is 4.71. The molecule has 100 valence electrons. The van der Waals surface area contributed by atoms with Crippen LogP contribution in [0.4, 0.5) is 0 Å². The van der Waals surface area contributed by atoms with E-state index in [1.807, 2.05) is 13.8 Å². The molecule has 0 saturated carbocycles. The predicted molar refractivity (Wildman–Crippen MR) is 69.5 cm³/mol. The molecule has 5 heteroatoms. The van der Waals surface area contributed by atoms with Crippen LogP contribution in [-0.2, 0) is 0 Å². The van der Waals surface area contributed by atoms with Gasteiger partial charge in [-0.1, -0.05) is 13.8 Å². The highest BCUT2D eigenvalue weighted by molar-refractivity contribution is 5.93. The molecule has 0 radical (unpaired) electrons. The minimum absolute atomic E-state index is 0.164. The fourth-order valence-corrected chi connectivity index (χ4v) is 1.91. The highest BCUT2D eigenvalue weighted by Crippen LogP contribution is 2.15. The number of nitrogens with one attached hydrogen (secondary N) is 2. The van der Waals surface area contributed by atoms with Crippen molar-refractivity contribution in [3.63, 3.8) is 0 Å². The lowest BCUT2D eigenvalue weighted by molar-refractivity contribution is 0.0368. The molecule has 0 aromatic carbocycles. The monoisotopic (exact) mass is 252 g/mol. The number of aliphatic hydroxyl groups is 1. The molecule has 0 bridgehead atoms. The van der Waals surface area contributed by atoms with Crippen LogP contribution in [0.1, 0.15) is 37.6 Å². The molecule has 0 aliphatic carbocycles. The Bertz CT molecular complexity index is 463. The van der Waals surface area contributed by atoms with Crippen molar-refractivity contribution in [3.05, 3.63) is 34.2 Å². The van der Waals surface area contributed by atoms with Gasteiger partial charge in [0.1, 0.15) is 0 Å². The molecule has 18 heavy (non-hydrogen) atoms. The van der Waals surface area contributed by atoms with Crippen molar-refractivity contribution < 1.29 is 9.90 Å². The van der Waals surface area contributed by atoms with Crippen LogP contribution in [0.3, 0.4) is 0 Å². The van der Waals surface area contributed by atoms with Gasteiger partial charge in [0.25, 0.3) is 5.91 Å². The summed E-state index contributed by atoms with van der Waals surface area (Å²) in [5, 5.41) is 12.7. The first-order valence-electron chi connectivity index (χ1n) is 5.99. The average molecular weight is 252 g/mol. The van der Waals surface area contributed by atoms with Gasteiger partial charge >= 0.3 is 0 Å². The Hall–Kier alpha value is -1.62. The van der Waals surface area contributed by atoms with Crippen molar-refractivity contribution >= 4 is 5.91 Å². The number of rotatable bonds is 5. The number of hydrogen-bond acceptors (Lipinski definition) is 3. The van der Waals surface area contributed by atoms with Crippen molar-refractivity contribution in [1.82, 2.24) is 10.3 Å². The Morgan fingerprint density at radius 1 is 1.56 bits per heavy atom. The van der Waals surface area contributed by atoms with Gasteiger partial charge in [-0.3, -0.25) is 9.59 Å². The largest absolute Gasteiger partial charge is 0.388 e. The summed E-state index contributed by atoms with van der Waals surface area (Å²) < 4.78 is 0. The topological polar surface area (TPSA) is 82.2 Å². The number of hydrogen-bond donors (Lipinski definition) is 3. The van der Waals surface area contributed by atoms with Crippen LogP contribution >= 0.6 is 0 Å². The number of aromatic amines is 1. The summed E-state index contributed by atoms with van der Waals surface area (Å²) >= 11 is 0. The van der Waals surface area contributed by atoms with Crippen molar-refractivity contribution in [2.24, 2.45) is 5.92 Å². The van der Waals surface area contributed by atoms with E-state index in [-0.39, 0.29) is 18.0 Å². The number of carbonyl (C=O) groups excluding carboxylic acids is 1. The highest BCUT2D eigenvalue weighted by atomic mass is 16.3. The lowest BCUT2D eigenvalue weighted by atomic mass is 9.94. The van der Waals surface area contributed by atoms with Crippen LogP contribution in [0.25, 0.3) is 0 Å². The van der Waals surface area contributed by atoms with E-state index in [4.69, 9.17) is 0 Å². The van der Waals surface area contributed by atoms with E-state index in [9.17, 15) is 14.7 Å². The lowest BCUT2D eigenvalue weighted by Gasteiger charge is -2.25. The molecule has 0 fully saturated rings. The molecule has 1 aromatic heterocycles. The Balaban J connectivity index is 2.59. The van der Waals surface area contributed by atoms with Gasteiger partial charge in [-0.2, -0.15) is 0 Å². The summed E-state index contributed by atoms with van der Waals surface area (Å²) in [4.78, 5) is 25.3. The number of pyridine rings is 1. The molecule has 1 heterocycles. The van der Waals surface area contributed by atoms with Crippen LogP contribution in [0.15, 0.2) is 23.1 Å². The molecular formula is C13H20N2O3. The smallest absolute Gasteiger partial charge is 0.251 e. The summed E-state index contributed by atoms with van der Waals surface area (Å²) in [6.45, 7) is 5.86. The number of H-pyrrole nitrogens is 1. The maximum Gasteiger partial charge on any atom is 0.251 e. The van der Waals surface area contributed by atoms with Gasteiger partial charge in [0, 0.05) is 24.4 Å². The zero-order chi connectivity index (χ0) is 13.8. The Labute approximate surface area is 106 Å². The quantitative estimate of drug-likeness (QED) is 0.728. The molecule has 5 nitrogen and oxygen atoms in total. The van der Waals surface area contributed by atoms with Gasteiger partial charge < -0.3 is 15.4 Å². The molecule has 0 saturated heterocycles. The lowest BCUT2D eigenvalue weighted by Crippen LogP contribution is -2.41. The van der Waals surface area contributed by atoms with E-state index in [1.165, 1.54) is 18.3 Å². The predicted octanol–water partition coefficient (Wildman–Crippen LogP) is 0.902. The standard InChI is InChI=1S/C13H20N2O3/c1-9(2)7-13(3,18)8-15-12(17)10-4-5-14-11(16)6-10/h4-6,9,18H,7-8H2,1-3H3,(H,14,16)(H,15,17). The van der Waals surface area contributed by atoms with Gasteiger partial charge in [0.05, 0.1) is 5.60 Å². The molecule has 1 unspecified atom stereocenters. The zero-order valence-corrected chi connectivity index (χ0v) is 11.0. The highest BCUT2D eigenvalue weighted by Gasteiger charge is 2.22. The van der Waals surface area contributed by atoms with E-state index in [2.05, 4.69) is 10.3 Å². The third-order valence-electron chi connectivity index (χ3n) is 2.52. The molecular weight excluding hydrogens is 232 g/mol. The van der Waals surface area contributed by atoms with Gasteiger partial charge in [0.2, 0.25) is 5.56 Å². The summed E-state index contributed by atoms with van der Waals surface area (Å²) in [7, 11) is 0. The minimum atomic E-state index is -0.939. The van der Waals surface area contributed by atoms with Crippen molar-refractivity contribution in [3.8, 4) is 0 Å². The Morgan fingerprint density at radius 3 is 2.78 bits per heavy atom. The third-order valence-corrected chi connectivity index (χ3v) is 2.52. The second-order valence-corrected chi connectivity index (χ2v) is 5.22. The van der Waals surface area contributed by atoms with Crippen LogP contribution in [0.5, 0.6) is 0 Å². The normalized spacial score (nSPS) is 14.3. The zero-order valence-electron chi connectivity index (χ0n) is 11.0. The fourth-order valence-electron chi connectivity index (χ4n) is 1.91. The van der Waals surface area contributed by atoms with Gasteiger partial charge in [-0.15, -0.1) is 0 Å². The van der Waals surface area contributed by atoms with Crippen molar-refractivity contribution in [1.29, 1.82) is 0 Å². The second kappa shape index (κ2) is 5.82. The number of amides is 1. The van der Waals surface area contributed by atoms with Crippen LogP contribution in [-0.4, -0.2) is 28.1 Å². The first kappa shape index (κ1) is 14.4. The maximum absolute atomic E-state index is 11.8. The van der Waals surface area contributed by atoms with E-state index >= 15 is 0 Å². The molecule has 1 atom stereocenters. The molecule has 0 aliphatic heterocycles. The molecule has 1 aromatic rings. The van der Waals surface area contributed by atoms with E-state index in [1.54, 1.807) is 6.92 Å². The van der Waals surface area contributed by atoms with Crippen LogP contribution in [0, 0.1) is 5.92 Å². The average Bonchev–Trinajstić information content (AvgIpc) is 2.24. The van der Waals surface area contributed by atoms with Gasteiger partial charge in [-0.05, 0) is 25.3 Å². The second-order valence-electron chi connectivity index (χ2n) is 5.22. The fraction of sp³-hybridized carbons (Fsp3) is 0.538. The molecule has 1 amide bonds. The Kier molecular flexibility index (Phi) is 4.67. The van der Waals surface area contributed by atoms with Crippen molar-refractivity contribution in [2.45, 2.75) is 32.8 Å². The van der Waals surface area contributed by atoms with E-state index < -0.39 is 5.60 Å². The Morgan fingerprint density at radius 2 is 2.22 bits per heavy atom. The first-order chi connectivity index (χ1) is 8.30. The first-order valence-corrected chi connectivity index (χ1v) is 5.99. The number of aromatic nitrogens is 1. The maximum atomic E-state index is 11.8. The molecule has 0 aliphatic rings. The summed E-state index contributed by atoms with van der Waals surface area (Å²) in [6, 6.07) is 2.75.